The van der Waals surface area contributed by atoms with E-state index in [2.05, 4.69) is 79.2 Å². The number of halogens is 1. The highest BCUT2D eigenvalue weighted by molar-refractivity contribution is 5.85. The summed E-state index contributed by atoms with van der Waals surface area (Å²) in [5.41, 5.74) is 7.96. The van der Waals surface area contributed by atoms with Crippen LogP contribution in [0.5, 0.6) is 0 Å². The van der Waals surface area contributed by atoms with Gasteiger partial charge in [-0.15, -0.1) is 12.4 Å². The van der Waals surface area contributed by atoms with Crippen LogP contribution in [-0.4, -0.2) is 69.0 Å². The second-order valence-corrected chi connectivity index (χ2v) is 14.2. The van der Waals surface area contributed by atoms with Gasteiger partial charge in [0.25, 0.3) is 0 Å². The third kappa shape index (κ3) is 11.1. The molecule has 1 N–H and O–H groups in total. The van der Waals surface area contributed by atoms with Crippen LogP contribution in [0.1, 0.15) is 81.8 Å². The average molecular weight is 651 g/mol. The van der Waals surface area contributed by atoms with Gasteiger partial charge in [0.15, 0.2) is 0 Å². The van der Waals surface area contributed by atoms with Crippen LogP contribution in [0, 0.1) is 48.3 Å². The van der Waals surface area contributed by atoms with E-state index in [0.717, 1.165) is 72.6 Å². The summed E-state index contributed by atoms with van der Waals surface area (Å²) in [6, 6.07) is 13.4. The Hall–Kier alpha value is -3.46. The van der Waals surface area contributed by atoms with Gasteiger partial charge in [-0.25, -0.2) is 4.79 Å². The lowest BCUT2D eigenvalue weighted by Gasteiger charge is -2.37. The molecule has 1 amide bonds. The maximum atomic E-state index is 12.2. The predicted octanol–water partition coefficient (Wildman–Crippen LogP) is 7.02. The van der Waals surface area contributed by atoms with Crippen LogP contribution >= 0.6 is 12.4 Å². The van der Waals surface area contributed by atoms with Gasteiger partial charge in [-0.2, -0.15) is 10.5 Å². The van der Waals surface area contributed by atoms with Crippen molar-refractivity contribution in [2.75, 3.05) is 62.2 Å². The van der Waals surface area contributed by atoms with Crippen LogP contribution in [0.2, 0.25) is 0 Å². The Kier molecular flexibility index (Phi) is 14.7. The molecule has 2 aromatic carbocycles. The minimum atomic E-state index is -0.482. The number of nitriles is 2. The molecule has 0 radical (unpaired) electrons. The highest BCUT2D eigenvalue weighted by atomic mass is 35.5. The Morgan fingerprint density at radius 1 is 0.783 bits per heavy atom. The van der Waals surface area contributed by atoms with Crippen molar-refractivity contribution in [3.63, 3.8) is 0 Å². The van der Waals surface area contributed by atoms with Gasteiger partial charge in [0.2, 0.25) is 0 Å². The van der Waals surface area contributed by atoms with Crippen molar-refractivity contribution >= 4 is 29.9 Å². The summed E-state index contributed by atoms with van der Waals surface area (Å²) < 4.78 is 5.46. The number of nitrogens with zero attached hydrogens (tertiary/aromatic N) is 5. The summed E-state index contributed by atoms with van der Waals surface area (Å²) in [5.74, 6) is 1.21. The van der Waals surface area contributed by atoms with Crippen molar-refractivity contribution in [3.8, 4) is 12.1 Å². The first-order valence-corrected chi connectivity index (χ1v) is 16.5. The molecule has 0 aromatic heterocycles. The van der Waals surface area contributed by atoms with Gasteiger partial charge in [-0.05, 0) is 93.7 Å². The Morgan fingerprint density at radius 3 is 1.57 bits per heavy atom. The van der Waals surface area contributed by atoms with E-state index in [-0.39, 0.29) is 18.5 Å². The van der Waals surface area contributed by atoms with Crippen molar-refractivity contribution in [3.05, 3.63) is 57.6 Å². The quantitative estimate of drug-likeness (QED) is 0.359. The van der Waals surface area contributed by atoms with Gasteiger partial charge < -0.3 is 24.8 Å². The molecule has 0 saturated carbocycles. The summed E-state index contributed by atoms with van der Waals surface area (Å²) in [5, 5.41) is 22.4. The molecule has 2 aliphatic rings. The molecule has 9 heteroatoms. The normalized spacial score (nSPS) is 15.0. The van der Waals surface area contributed by atoms with E-state index >= 15 is 0 Å². The molecular weight excluding hydrogens is 596 g/mol. The molecule has 4 rings (SSSR count). The number of amides is 1. The maximum absolute atomic E-state index is 12.2. The minimum absolute atomic E-state index is 0. The van der Waals surface area contributed by atoms with Crippen molar-refractivity contribution in [2.24, 2.45) is 11.8 Å². The number of rotatable bonds is 6. The highest BCUT2D eigenvalue weighted by Crippen LogP contribution is 2.29. The fourth-order valence-corrected chi connectivity index (χ4v) is 6.01. The molecule has 0 atom stereocenters. The molecule has 8 nitrogen and oxygen atoms in total. The van der Waals surface area contributed by atoms with Crippen molar-refractivity contribution < 1.29 is 9.53 Å². The van der Waals surface area contributed by atoms with Gasteiger partial charge in [-0.1, -0.05) is 39.8 Å². The monoisotopic (exact) mass is 650 g/mol. The zero-order valence-corrected chi connectivity index (χ0v) is 30.3. The predicted molar refractivity (Wildman–Crippen MR) is 191 cm³/mol. The van der Waals surface area contributed by atoms with Gasteiger partial charge >= 0.3 is 6.09 Å². The van der Waals surface area contributed by atoms with Crippen LogP contribution in [0.25, 0.3) is 0 Å². The largest absolute Gasteiger partial charge is 0.444 e. The van der Waals surface area contributed by atoms with Crippen LogP contribution in [0.4, 0.5) is 16.2 Å². The smallest absolute Gasteiger partial charge is 0.410 e. The first kappa shape index (κ1) is 38.7. The van der Waals surface area contributed by atoms with Crippen LogP contribution in [0.15, 0.2) is 24.3 Å². The SMILES string of the molecule is Cc1cc(CC(C)C)cc(N2CCN(C(=O)OC(C)(C)C)CC2)c1C#N.Cc1cc(CC(C)C)cc(N2CCNCC2)c1C#N.Cl. The number of anilines is 2. The molecule has 0 bridgehead atoms. The lowest BCUT2D eigenvalue weighted by molar-refractivity contribution is 0.0240. The lowest BCUT2D eigenvalue weighted by Crippen LogP contribution is -2.50. The Labute approximate surface area is 284 Å². The number of carbonyl (C=O) groups excluding carboxylic acids is 1. The second kappa shape index (κ2) is 17.5. The Bertz CT molecular complexity index is 1390. The number of carbonyl (C=O) groups is 1. The average Bonchev–Trinajstić information content (AvgIpc) is 2.96. The molecule has 2 heterocycles. The first-order chi connectivity index (χ1) is 21.2. The van der Waals surface area contributed by atoms with Crippen molar-refractivity contribution in [1.82, 2.24) is 10.2 Å². The van der Waals surface area contributed by atoms with Crippen molar-refractivity contribution in [1.29, 1.82) is 10.5 Å². The molecule has 0 spiro atoms. The number of benzene rings is 2. The van der Waals surface area contributed by atoms with Crippen molar-refractivity contribution in [2.45, 2.75) is 80.8 Å². The number of ether oxygens (including phenoxy) is 1. The van der Waals surface area contributed by atoms with E-state index in [1.165, 1.54) is 11.1 Å². The topological polar surface area (TPSA) is 95.6 Å². The fraction of sp³-hybridized carbons (Fsp3) is 0.595. The van der Waals surface area contributed by atoms with Crippen LogP contribution in [0.3, 0.4) is 0 Å². The number of nitrogens with one attached hydrogen (secondary N) is 1. The van der Waals surface area contributed by atoms with Gasteiger partial charge in [-0.3, -0.25) is 0 Å². The fourth-order valence-electron chi connectivity index (χ4n) is 6.01. The zero-order valence-electron chi connectivity index (χ0n) is 29.5. The third-order valence-corrected chi connectivity index (χ3v) is 7.99. The third-order valence-electron chi connectivity index (χ3n) is 7.99. The highest BCUT2D eigenvalue weighted by Gasteiger charge is 2.27. The molecule has 2 fully saturated rings. The Balaban J connectivity index is 0.000000328. The van der Waals surface area contributed by atoms with E-state index < -0.39 is 5.60 Å². The summed E-state index contributed by atoms with van der Waals surface area (Å²) in [7, 11) is 0. The number of piperazine rings is 2. The van der Waals surface area contributed by atoms with Gasteiger partial charge in [0, 0.05) is 52.4 Å². The molecule has 46 heavy (non-hydrogen) atoms. The summed E-state index contributed by atoms with van der Waals surface area (Å²) in [4.78, 5) is 18.5. The number of hydrogen-bond acceptors (Lipinski definition) is 7. The number of aryl methyl sites for hydroxylation is 2. The summed E-state index contributed by atoms with van der Waals surface area (Å²) in [6.45, 7) is 25.1. The Morgan fingerprint density at radius 2 is 1.20 bits per heavy atom. The summed E-state index contributed by atoms with van der Waals surface area (Å²) in [6.07, 6.45) is 1.81. The van der Waals surface area contributed by atoms with E-state index in [1.54, 1.807) is 4.90 Å². The molecule has 0 unspecified atom stereocenters. The second-order valence-electron chi connectivity index (χ2n) is 14.2. The molecule has 2 saturated heterocycles. The molecule has 2 aliphatic heterocycles. The molecule has 2 aromatic rings. The standard InChI is InChI=1S/C21H31N3O2.C16H23N3.ClH/c1-15(2)11-17-12-16(3)18(14-22)19(13-17)23-7-9-24(10-8-23)20(25)26-21(4,5)6;1-12(2)8-14-9-13(3)15(11-17)16(10-14)19-6-4-18-5-7-19;/h12-13,15H,7-11H2,1-6H3;9-10,12,18H,4-8H2,1-3H3;1H. The zero-order chi connectivity index (χ0) is 33.3. The summed E-state index contributed by atoms with van der Waals surface area (Å²) >= 11 is 0. The van der Waals surface area contributed by atoms with E-state index in [4.69, 9.17) is 4.74 Å². The molecule has 0 aliphatic carbocycles. The van der Waals surface area contributed by atoms with E-state index in [0.29, 0.717) is 38.0 Å². The lowest BCUT2D eigenvalue weighted by atomic mass is 9.96. The molecule has 252 valence electrons. The van der Waals surface area contributed by atoms with E-state index in [9.17, 15) is 15.3 Å². The van der Waals surface area contributed by atoms with Crippen LogP contribution in [-0.2, 0) is 17.6 Å². The van der Waals surface area contributed by atoms with Gasteiger partial charge in [0.1, 0.15) is 17.7 Å². The van der Waals surface area contributed by atoms with Gasteiger partial charge in [0.05, 0.1) is 22.5 Å². The van der Waals surface area contributed by atoms with E-state index in [1.807, 2.05) is 34.6 Å². The van der Waals surface area contributed by atoms with Crippen LogP contribution < -0.4 is 15.1 Å². The first-order valence-electron chi connectivity index (χ1n) is 16.5. The number of hydrogen-bond donors (Lipinski definition) is 1. The minimum Gasteiger partial charge on any atom is -0.444 e. The maximum Gasteiger partial charge on any atom is 0.410 e. The molecular formula is C37H55ClN6O2.